The number of para-hydroxylation sites is 1. The van der Waals surface area contributed by atoms with Gasteiger partial charge in [-0.3, -0.25) is 4.79 Å². The molecule has 22 heavy (non-hydrogen) atoms. The van der Waals surface area contributed by atoms with E-state index in [1.54, 1.807) is 7.11 Å². The molecule has 0 bridgehead atoms. The highest BCUT2D eigenvalue weighted by Crippen LogP contribution is 2.24. The summed E-state index contributed by atoms with van der Waals surface area (Å²) in [4.78, 5) is 12.2. The molecule has 2 rings (SSSR count). The fraction of sp³-hybridized carbons (Fsp3) is 0.316. The predicted octanol–water partition coefficient (Wildman–Crippen LogP) is 4.39. The Kier molecular flexibility index (Phi) is 5.59. The largest absolute Gasteiger partial charge is 0.497 e. The minimum atomic E-state index is 0.0379. The highest BCUT2D eigenvalue weighted by molar-refractivity contribution is 5.91. The Morgan fingerprint density at radius 3 is 2.64 bits per heavy atom. The van der Waals surface area contributed by atoms with E-state index in [-0.39, 0.29) is 5.91 Å². The van der Waals surface area contributed by atoms with Crippen molar-refractivity contribution in [3.05, 3.63) is 59.7 Å². The third-order valence-electron chi connectivity index (χ3n) is 3.63. The quantitative estimate of drug-likeness (QED) is 0.858. The van der Waals surface area contributed by atoms with E-state index in [4.69, 9.17) is 4.74 Å². The van der Waals surface area contributed by atoms with E-state index in [1.165, 1.54) is 0 Å². The maximum Gasteiger partial charge on any atom is 0.224 e. The molecule has 3 nitrogen and oxygen atoms in total. The van der Waals surface area contributed by atoms with Gasteiger partial charge >= 0.3 is 0 Å². The van der Waals surface area contributed by atoms with E-state index in [0.29, 0.717) is 18.8 Å². The number of hydrogen-bond donors (Lipinski definition) is 1. The van der Waals surface area contributed by atoms with Gasteiger partial charge in [-0.1, -0.05) is 44.2 Å². The van der Waals surface area contributed by atoms with Crippen LogP contribution in [0.5, 0.6) is 5.75 Å². The van der Waals surface area contributed by atoms with Crippen LogP contribution in [0.2, 0.25) is 0 Å². The van der Waals surface area contributed by atoms with Crippen molar-refractivity contribution in [1.29, 1.82) is 0 Å². The highest BCUT2D eigenvalue weighted by Gasteiger charge is 2.09. The lowest BCUT2D eigenvalue weighted by Gasteiger charge is -2.13. The van der Waals surface area contributed by atoms with Crippen LogP contribution in [0.3, 0.4) is 0 Å². The Bertz CT molecular complexity index is 635. The molecule has 0 aliphatic carbocycles. The number of ether oxygens (including phenoxy) is 1. The molecule has 0 saturated carbocycles. The van der Waals surface area contributed by atoms with Gasteiger partial charge in [0.1, 0.15) is 5.75 Å². The standard InChI is InChI=1S/C19H23NO2/c1-14(2)17-9-4-5-10-18(17)20-19(21)12-11-15-7-6-8-16(13-15)22-3/h4-10,13-14H,11-12H2,1-3H3,(H,20,21). The first-order chi connectivity index (χ1) is 10.6. The van der Waals surface area contributed by atoms with E-state index in [1.807, 2.05) is 42.5 Å². The summed E-state index contributed by atoms with van der Waals surface area (Å²) in [6.45, 7) is 4.25. The fourth-order valence-corrected chi connectivity index (χ4v) is 2.41. The molecule has 2 aromatic rings. The molecule has 116 valence electrons. The molecule has 0 atom stereocenters. The number of anilines is 1. The van der Waals surface area contributed by atoms with Crippen LogP contribution in [0, 0.1) is 0 Å². The van der Waals surface area contributed by atoms with Crippen molar-refractivity contribution in [2.75, 3.05) is 12.4 Å². The van der Waals surface area contributed by atoms with Crippen LogP contribution in [0.1, 0.15) is 37.3 Å². The average molecular weight is 297 g/mol. The molecular formula is C19H23NO2. The van der Waals surface area contributed by atoms with Gasteiger partial charge in [0.05, 0.1) is 7.11 Å². The molecule has 1 N–H and O–H groups in total. The number of benzene rings is 2. The van der Waals surface area contributed by atoms with Crippen LogP contribution in [0.15, 0.2) is 48.5 Å². The summed E-state index contributed by atoms with van der Waals surface area (Å²) >= 11 is 0. The number of carbonyl (C=O) groups excluding carboxylic acids is 1. The zero-order chi connectivity index (χ0) is 15.9. The summed E-state index contributed by atoms with van der Waals surface area (Å²) < 4.78 is 5.20. The predicted molar refractivity (Wildman–Crippen MR) is 90.5 cm³/mol. The normalized spacial score (nSPS) is 10.5. The number of nitrogens with one attached hydrogen (secondary N) is 1. The molecule has 0 radical (unpaired) electrons. The molecular weight excluding hydrogens is 274 g/mol. The summed E-state index contributed by atoms with van der Waals surface area (Å²) in [7, 11) is 1.65. The molecule has 0 aliphatic rings. The van der Waals surface area contributed by atoms with Crippen LogP contribution in [-0.4, -0.2) is 13.0 Å². The lowest BCUT2D eigenvalue weighted by atomic mass is 10.0. The van der Waals surface area contributed by atoms with Crippen molar-refractivity contribution >= 4 is 11.6 Å². The molecule has 0 heterocycles. The van der Waals surface area contributed by atoms with E-state index < -0.39 is 0 Å². The SMILES string of the molecule is COc1cccc(CCC(=O)Nc2ccccc2C(C)C)c1. The molecule has 0 unspecified atom stereocenters. The monoisotopic (exact) mass is 297 g/mol. The van der Waals surface area contributed by atoms with E-state index in [2.05, 4.69) is 25.2 Å². The van der Waals surface area contributed by atoms with Crippen molar-refractivity contribution in [3.63, 3.8) is 0 Å². The number of carbonyl (C=O) groups is 1. The maximum atomic E-state index is 12.2. The van der Waals surface area contributed by atoms with Gasteiger partial charge in [-0.2, -0.15) is 0 Å². The summed E-state index contributed by atoms with van der Waals surface area (Å²) in [6.07, 6.45) is 1.16. The Morgan fingerprint density at radius 2 is 1.91 bits per heavy atom. The van der Waals surface area contributed by atoms with Gasteiger partial charge in [-0.05, 0) is 41.7 Å². The van der Waals surface area contributed by atoms with Gasteiger partial charge in [0.15, 0.2) is 0 Å². The van der Waals surface area contributed by atoms with E-state index in [0.717, 1.165) is 22.6 Å². The summed E-state index contributed by atoms with van der Waals surface area (Å²) in [5, 5.41) is 3.02. The Labute approximate surface area is 132 Å². The molecule has 0 saturated heterocycles. The zero-order valence-electron chi connectivity index (χ0n) is 13.4. The smallest absolute Gasteiger partial charge is 0.224 e. The number of aryl methyl sites for hydroxylation is 1. The second-order valence-electron chi connectivity index (χ2n) is 5.64. The van der Waals surface area contributed by atoms with E-state index in [9.17, 15) is 4.79 Å². The maximum absolute atomic E-state index is 12.2. The van der Waals surface area contributed by atoms with Crippen molar-refractivity contribution in [2.45, 2.75) is 32.6 Å². The van der Waals surface area contributed by atoms with Crippen LogP contribution >= 0.6 is 0 Å². The number of rotatable bonds is 6. The van der Waals surface area contributed by atoms with Crippen LogP contribution in [0.4, 0.5) is 5.69 Å². The second-order valence-corrected chi connectivity index (χ2v) is 5.64. The van der Waals surface area contributed by atoms with Crippen molar-refractivity contribution in [3.8, 4) is 5.75 Å². The Morgan fingerprint density at radius 1 is 1.14 bits per heavy atom. The third-order valence-corrected chi connectivity index (χ3v) is 3.63. The zero-order valence-corrected chi connectivity index (χ0v) is 13.4. The molecule has 3 heteroatoms. The Balaban J connectivity index is 1.96. The topological polar surface area (TPSA) is 38.3 Å². The molecule has 0 aliphatic heterocycles. The minimum absolute atomic E-state index is 0.0379. The lowest BCUT2D eigenvalue weighted by molar-refractivity contribution is -0.116. The van der Waals surface area contributed by atoms with Gasteiger partial charge in [-0.15, -0.1) is 0 Å². The third kappa shape index (κ3) is 4.35. The van der Waals surface area contributed by atoms with Crippen LogP contribution < -0.4 is 10.1 Å². The highest BCUT2D eigenvalue weighted by atomic mass is 16.5. The number of amides is 1. The molecule has 0 spiro atoms. The van der Waals surface area contributed by atoms with Gasteiger partial charge in [0, 0.05) is 12.1 Å². The lowest BCUT2D eigenvalue weighted by Crippen LogP contribution is -2.14. The van der Waals surface area contributed by atoms with Gasteiger partial charge in [-0.25, -0.2) is 0 Å². The van der Waals surface area contributed by atoms with Crippen molar-refractivity contribution in [2.24, 2.45) is 0 Å². The summed E-state index contributed by atoms with van der Waals surface area (Å²) in [6, 6.07) is 15.8. The fourth-order valence-electron chi connectivity index (χ4n) is 2.41. The Hall–Kier alpha value is -2.29. The summed E-state index contributed by atoms with van der Waals surface area (Å²) in [5.74, 6) is 1.24. The van der Waals surface area contributed by atoms with Gasteiger partial charge in [0.2, 0.25) is 5.91 Å². The average Bonchev–Trinajstić information content (AvgIpc) is 2.53. The molecule has 0 aromatic heterocycles. The first kappa shape index (κ1) is 16.1. The van der Waals surface area contributed by atoms with Crippen LogP contribution in [-0.2, 0) is 11.2 Å². The molecule has 1 amide bonds. The van der Waals surface area contributed by atoms with E-state index >= 15 is 0 Å². The van der Waals surface area contributed by atoms with Gasteiger partial charge < -0.3 is 10.1 Å². The molecule has 0 fully saturated rings. The summed E-state index contributed by atoms with van der Waals surface area (Å²) in [5.41, 5.74) is 3.18. The van der Waals surface area contributed by atoms with Crippen LogP contribution in [0.25, 0.3) is 0 Å². The number of hydrogen-bond acceptors (Lipinski definition) is 2. The first-order valence-corrected chi connectivity index (χ1v) is 7.62. The number of methoxy groups -OCH3 is 1. The molecule has 2 aromatic carbocycles. The first-order valence-electron chi connectivity index (χ1n) is 7.62. The minimum Gasteiger partial charge on any atom is -0.497 e. The van der Waals surface area contributed by atoms with Gasteiger partial charge in [0.25, 0.3) is 0 Å². The van der Waals surface area contributed by atoms with Crippen molar-refractivity contribution in [1.82, 2.24) is 0 Å². The second kappa shape index (κ2) is 7.64. The van der Waals surface area contributed by atoms with Crippen molar-refractivity contribution < 1.29 is 9.53 Å².